The van der Waals surface area contributed by atoms with Crippen LogP contribution in [0.15, 0.2) is 65.2 Å². The molecule has 0 N–H and O–H groups in total. The number of nitrogens with zero attached hydrogens (tertiary/aromatic N) is 3. The third-order valence-corrected chi connectivity index (χ3v) is 5.77. The van der Waals surface area contributed by atoms with Gasteiger partial charge in [0, 0.05) is 24.7 Å². The summed E-state index contributed by atoms with van der Waals surface area (Å²) in [6, 6.07) is 19.8. The van der Waals surface area contributed by atoms with E-state index >= 15 is 0 Å². The maximum atomic E-state index is 13.1. The highest BCUT2D eigenvalue weighted by Gasteiger charge is 2.34. The summed E-state index contributed by atoms with van der Waals surface area (Å²) in [4.78, 5) is 17.2. The molecule has 1 aromatic heterocycles. The van der Waals surface area contributed by atoms with Crippen molar-refractivity contribution in [3.8, 4) is 17.1 Å². The minimum Gasteiger partial charge on any atom is -0.477 e. The highest BCUT2D eigenvalue weighted by atomic mass is 16.5. The van der Waals surface area contributed by atoms with Crippen LogP contribution in [0.2, 0.25) is 0 Å². The zero-order valence-electron chi connectivity index (χ0n) is 16.9. The van der Waals surface area contributed by atoms with E-state index in [4.69, 9.17) is 9.26 Å². The van der Waals surface area contributed by atoms with E-state index in [1.54, 1.807) is 0 Å². The highest BCUT2D eigenvalue weighted by Crippen LogP contribution is 2.35. The summed E-state index contributed by atoms with van der Waals surface area (Å²) in [5.74, 6) is 1.57. The normalized spacial score (nSPS) is 18.6. The van der Waals surface area contributed by atoms with Crippen LogP contribution in [-0.2, 0) is 11.3 Å². The van der Waals surface area contributed by atoms with Crippen LogP contribution in [0.25, 0.3) is 11.3 Å². The summed E-state index contributed by atoms with van der Waals surface area (Å²) in [6.45, 7) is 2.70. The number of hydrogen-bond donors (Lipinski definition) is 0. The SMILES string of the molecule is O=C([C@H]1CN(Cc2cc(-c3ccccc3)on2)c2ccccc2O1)N1CCCCC1. The van der Waals surface area contributed by atoms with Crippen molar-refractivity contribution < 1.29 is 14.1 Å². The maximum absolute atomic E-state index is 13.1. The molecule has 2 aliphatic rings. The van der Waals surface area contributed by atoms with E-state index in [0.717, 1.165) is 54.4 Å². The van der Waals surface area contributed by atoms with Gasteiger partial charge in [0.2, 0.25) is 0 Å². The second kappa shape index (κ2) is 8.22. The number of benzene rings is 2. The largest absolute Gasteiger partial charge is 0.477 e. The van der Waals surface area contributed by atoms with Crippen LogP contribution >= 0.6 is 0 Å². The Bertz CT molecular complexity index is 1010. The Labute approximate surface area is 176 Å². The van der Waals surface area contributed by atoms with Crippen molar-refractivity contribution in [2.24, 2.45) is 0 Å². The average Bonchev–Trinajstić information content (AvgIpc) is 3.28. The molecule has 0 radical (unpaired) electrons. The van der Waals surface area contributed by atoms with E-state index in [-0.39, 0.29) is 5.91 Å². The highest BCUT2D eigenvalue weighted by molar-refractivity contribution is 5.83. The molecule has 2 aliphatic heterocycles. The molecule has 3 heterocycles. The third kappa shape index (κ3) is 3.77. The summed E-state index contributed by atoms with van der Waals surface area (Å²) in [5.41, 5.74) is 2.80. The molecular weight excluding hydrogens is 378 g/mol. The predicted molar refractivity (Wildman–Crippen MR) is 114 cm³/mol. The monoisotopic (exact) mass is 403 g/mol. The van der Waals surface area contributed by atoms with Gasteiger partial charge < -0.3 is 19.1 Å². The molecule has 1 amide bonds. The second-order valence-electron chi connectivity index (χ2n) is 7.89. The van der Waals surface area contributed by atoms with Crippen LogP contribution in [0.4, 0.5) is 5.69 Å². The molecule has 2 aromatic carbocycles. The molecule has 154 valence electrons. The van der Waals surface area contributed by atoms with Gasteiger partial charge in [0.15, 0.2) is 11.9 Å². The fourth-order valence-electron chi connectivity index (χ4n) is 4.22. The molecule has 6 nitrogen and oxygen atoms in total. The number of amides is 1. The number of fused-ring (bicyclic) bond motifs is 1. The number of para-hydroxylation sites is 2. The zero-order valence-corrected chi connectivity index (χ0v) is 16.9. The molecule has 1 atom stereocenters. The summed E-state index contributed by atoms with van der Waals surface area (Å²) in [7, 11) is 0. The second-order valence-corrected chi connectivity index (χ2v) is 7.89. The van der Waals surface area contributed by atoms with Crippen LogP contribution in [-0.4, -0.2) is 41.7 Å². The van der Waals surface area contributed by atoms with Gasteiger partial charge in [0.1, 0.15) is 11.4 Å². The molecule has 1 fully saturated rings. The van der Waals surface area contributed by atoms with Crippen molar-refractivity contribution in [2.75, 3.05) is 24.5 Å². The Hall–Kier alpha value is -3.28. The third-order valence-electron chi connectivity index (χ3n) is 5.77. The maximum Gasteiger partial charge on any atom is 0.265 e. The first kappa shape index (κ1) is 18.7. The lowest BCUT2D eigenvalue weighted by atomic mass is 10.1. The number of likely N-dealkylation sites (tertiary alicyclic amines) is 1. The molecule has 0 saturated carbocycles. The number of carbonyl (C=O) groups excluding carboxylic acids is 1. The van der Waals surface area contributed by atoms with E-state index in [1.165, 1.54) is 6.42 Å². The first-order chi connectivity index (χ1) is 14.8. The van der Waals surface area contributed by atoms with Crippen LogP contribution < -0.4 is 9.64 Å². The van der Waals surface area contributed by atoms with Crippen molar-refractivity contribution in [3.63, 3.8) is 0 Å². The Balaban J connectivity index is 1.37. The van der Waals surface area contributed by atoms with Crippen molar-refractivity contribution >= 4 is 11.6 Å². The number of anilines is 1. The smallest absolute Gasteiger partial charge is 0.265 e. The molecule has 5 rings (SSSR count). The van der Waals surface area contributed by atoms with Gasteiger partial charge in [0.25, 0.3) is 5.91 Å². The van der Waals surface area contributed by atoms with Gasteiger partial charge in [-0.1, -0.05) is 47.6 Å². The number of rotatable bonds is 4. The summed E-state index contributed by atoms with van der Waals surface area (Å²) >= 11 is 0. The number of aromatic nitrogens is 1. The van der Waals surface area contributed by atoms with Crippen LogP contribution in [0.5, 0.6) is 5.75 Å². The Kier molecular flexibility index (Phi) is 5.13. The lowest BCUT2D eigenvalue weighted by Gasteiger charge is -2.38. The molecule has 1 saturated heterocycles. The first-order valence-corrected chi connectivity index (χ1v) is 10.6. The molecule has 0 bridgehead atoms. The van der Waals surface area contributed by atoms with Gasteiger partial charge in [-0.2, -0.15) is 0 Å². The van der Waals surface area contributed by atoms with Crippen LogP contribution in [0.1, 0.15) is 25.0 Å². The lowest BCUT2D eigenvalue weighted by molar-refractivity contribution is -0.139. The van der Waals surface area contributed by atoms with Crippen molar-refractivity contribution in [1.29, 1.82) is 0 Å². The van der Waals surface area contributed by atoms with Gasteiger partial charge in [-0.15, -0.1) is 0 Å². The Morgan fingerprint density at radius 1 is 1.00 bits per heavy atom. The number of ether oxygens (including phenoxy) is 1. The molecular formula is C24H25N3O3. The minimum atomic E-state index is -0.501. The van der Waals surface area contributed by atoms with Crippen molar-refractivity contribution in [3.05, 3.63) is 66.4 Å². The molecule has 30 heavy (non-hydrogen) atoms. The fourth-order valence-corrected chi connectivity index (χ4v) is 4.22. The fraction of sp³-hybridized carbons (Fsp3) is 0.333. The Morgan fingerprint density at radius 2 is 1.77 bits per heavy atom. The number of piperidine rings is 1. The predicted octanol–water partition coefficient (Wildman–Crippen LogP) is 4.12. The Morgan fingerprint density at radius 3 is 2.60 bits per heavy atom. The van der Waals surface area contributed by atoms with Gasteiger partial charge >= 0.3 is 0 Å². The average molecular weight is 403 g/mol. The molecule has 3 aromatic rings. The topological polar surface area (TPSA) is 58.8 Å². The number of carbonyl (C=O) groups is 1. The van der Waals surface area contributed by atoms with Gasteiger partial charge in [-0.05, 0) is 31.4 Å². The van der Waals surface area contributed by atoms with E-state index < -0.39 is 6.10 Å². The summed E-state index contributed by atoms with van der Waals surface area (Å²) < 4.78 is 11.7. The van der Waals surface area contributed by atoms with Gasteiger partial charge in [0.05, 0.1) is 18.8 Å². The number of hydrogen-bond acceptors (Lipinski definition) is 5. The summed E-state index contributed by atoms with van der Waals surface area (Å²) in [5, 5.41) is 4.27. The lowest BCUT2D eigenvalue weighted by Crippen LogP contribution is -2.51. The first-order valence-electron chi connectivity index (χ1n) is 10.6. The summed E-state index contributed by atoms with van der Waals surface area (Å²) in [6.07, 6.45) is 2.83. The standard InChI is InChI=1S/C24H25N3O3/c28-24(26-13-7-2-8-14-26)23-17-27(20-11-5-6-12-21(20)29-23)16-19-15-22(30-25-19)18-9-3-1-4-10-18/h1,3-6,9-12,15,23H,2,7-8,13-14,16-17H2/t23-/m1/s1. The van der Waals surface area contributed by atoms with Crippen molar-refractivity contribution in [2.45, 2.75) is 31.9 Å². The van der Waals surface area contributed by atoms with Gasteiger partial charge in [-0.3, -0.25) is 4.79 Å². The molecule has 0 aliphatic carbocycles. The van der Waals surface area contributed by atoms with Crippen LogP contribution in [0, 0.1) is 0 Å². The molecule has 0 spiro atoms. The molecule has 6 heteroatoms. The van der Waals surface area contributed by atoms with E-state index in [2.05, 4.69) is 10.1 Å². The van der Waals surface area contributed by atoms with Gasteiger partial charge in [-0.25, -0.2) is 0 Å². The molecule has 0 unspecified atom stereocenters. The quantitative estimate of drug-likeness (QED) is 0.656. The van der Waals surface area contributed by atoms with E-state index in [1.807, 2.05) is 65.6 Å². The minimum absolute atomic E-state index is 0.0827. The zero-order chi connectivity index (χ0) is 20.3. The van der Waals surface area contributed by atoms with Crippen molar-refractivity contribution in [1.82, 2.24) is 10.1 Å². The van der Waals surface area contributed by atoms with Crippen LogP contribution in [0.3, 0.4) is 0 Å². The van der Waals surface area contributed by atoms with E-state index in [0.29, 0.717) is 13.1 Å². The van der Waals surface area contributed by atoms with E-state index in [9.17, 15) is 4.79 Å².